The number of nitriles is 1. The molecule has 0 bridgehead atoms. The summed E-state index contributed by atoms with van der Waals surface area (Å²) in [7, 11) is 0. The maximum absolute atomic E-state index is 11.8. The smallest absolute Gasteiger partial charge is 0.260 e. The minimum absolute atomic E-state index is 0.149. The lowest BCUT2D eigenvalue weighted by atomic mass is 10.2. The van der Waals surface area contributed by atoms with Gasteiger partial charge < -0.3 is 10.1 Å². The Morgan fingerprint density at radius 1 is 1.42 bits per heavy atom. The van der Waals surface area contributed by atoms with E-state index in [4.69, 9.17) is 10.00 Å². The minimum Gasteiger partial charge on any atom is -0.480 e. The molecule has 19 heavy (non-hydrogen) atoms. The van der Waals surface area contributed by atoms with Gasteiger partial charge in [-0.3, -0.25) is 4.79 Å². The van der Waals surface area contributed by atoms with E-state index < -0.39 is 6.10 Å². The van der Waals surface area contributed by atoms with Gasteiger partial charge in [0.2, 0.25) is 0 Å². The van der Waals surface area contributed by atoms with Crippen LogP contribution >= 0.6 is 0 Å². The molecule has 0 radical (unpaired) electrons. The quantitative estimate of drug-likeness (QED) is 0.766. The minimum atomic E-state index is -0.601. The molecule has 0 aliphatic rings. The molecule has 0 fully saturated rings. The maximum Gasteiger partial charge on any atom is 0.260 e. The molecule has 0 aliphatic heterocycles. The molecule has 1 amide bonds. The third-order valence-corrected chi connectivity index (χ3v) is 2.76. The molecule has 1 aromatic rings. The molecule has 4 heteroatoms. The van der Waals surface area contributed by atoms with Gasteiger partial charge in [-0.05, 0) is 25.5 Å². The lowest BCUT2D eigenvalue weighted by Gasteiger charge is -2.15. The summed E-state index contributed by atoms with van der Waals surface area (Å²) < 4.78 is 5.52. The second kappa shape index (κ2) is 8.15. The van der Waals surface area contributed by atoms with E-state index in [1.165, 1.54) is 0 Å². The van der Waals surface area contributed by atoms with Gasteiger partial charge in [0.05, 0.1) is 5.56 Å². The lowest BCUT2D eigenvalue weighted by molar-refractivity contribution is -0.127. The molecular weight excluding hydrogens is 240 g/mol. The topological polar surface area (TPSA) is 62.1 Å². The van der Waals surface area contributed by atoms with Crippen molar-refractivity contribution in [3.05, 3.63) is 29.8 Å². The second-order valence-corrected chi connectivity index (χ2v) is 4.37. The van der Waals surface area contributed by atoms with Crippen LogP contribution in [-0.4, -0.2) is 18.6 Å². The van der Waals surface area contributed by atoms with Gasteiger partial charge in [0, 0.05) is 6.54 Å². The first-order valence-corrected chi connectivity index (χ1v) is 6.62. The molecule has 102 valence electrons. The van der Waals surface area contributed by atoms with Crippen LogP contribution < -0.4 is 10.1 Å². The predicted molar refractivity (Wildman–Crippen MR) is 73.8 cm³/mol. The van der Waals surface area contributed by atoms with Gasteiger partial charge in [0.1, 0.15) is 11.8 Å². The Labute approximate surface area is 114 Å². The van der Waals surface area contributed by atoms with Crippen molar-refractivity contribution in [2.24, 2.45) is 0 Å². The summed E-state index contributed by atoms with van der Waals surface area (Å²) in [5, 5.41) is 11.8. The number of rotatable bonds is 7. The first-order valence-electron chi connectivity index (χ1n) is 6.62. The van der Waals surface area contributed by atoms with Crippen molar-refractivity contribution in [2.45, 2.75) is 39.2 Å². The summed E-state index contributed by atoms with van der Waals surface area (Å²) in [5.74, 6) is 0.296. The number of para-hydroxylation sites is 1. The molecule has 0 heterocycles. The van der Waals surface area contributed by atoms with Crippen molar-refractivity contribution in [1.82, 2.24) is 5.32 Å². The molecular formula is C15H20N2O2. The summed E-state index contributed by atoms with van der Waals surface area (Å²) in [6.45, 7) is 4.47. The molecule has 1 N–H and O–H groups in total. The zero-order valence-corrected chi connectivity index (χ0v) is 11.5. The molecule has 1 aromatic carbocycles. The van der Waals surface area contributed by atoms with E-state index in [0.717, 1.165) is 19.3 Å². The highest BCUT2D eigenvalue weighted by molar-refractivity contribution is 5.80. The number of amides is 1. The van der Waals surface area contributed by atoms with Crippen LogP contribution in [0.2, 0.25) is 0 Å². The molecule has 0 aromatic heterocycles. The van der Waals surface area contributed by atoms with Gasteiger partial charge in [0.25, 0.3) is 5.91 Å². The fraction of sp³-hybridized carbons (Fsp3) is 0.467. The molecule has 1 unspecified atom stereocenters. The van der Waals surface area contributed by atoms with Crippen LogP contribution in [0.15, 0.2) is 24.3 Å². The van der Waals surface area contributed by atoms with Gasteiger partial charge >= 0.3 is 0 Å². The fourth-order valence-electron chi connectivity index (χ4n) is 1.64. The number of ether oxygens (including phenoxy) is 1. The second-order valence-electron chi connectivity index (χ2n) is 4.37. The van der Waals surface area contributed by atoms with Crippen LogP contribution in [0.5, 0.6) is 5.75 Å². The summed E-state index contributed by atoms with van der Waals surface area (Å²) in [5.41, 5.74) is 0.438. The Bertz CT molecular complexity index is 452. The van der Waals surface area contributed by atoms with E-state index in [0.29, 0.717) is 17.9 Å². The SMILES string of the molecule is CCCCCNC(=O)C(C)Oc1ccccc1C#N. The van der Waals surface area contributed by atoms with Crippen molar-refractivity contribution < 1.29 is 9.53 Å². The fourth-order valence-corrected chi connectivity index (χ4v) is 1.64. The normalized spacial score (nSPS) is 11.4. The molecule has 0 aliphatic carbocycles. The molecule has 0 saturated carbocycles. The highest BCUT2D eigenvalue weighted by Gasteiger charge is 2.15. The summed E-state index contributed by atoms with van der Waals surface area (Å²) in [4.78, 5) is 11.8. The molecule has 1 rings (SSSR count). The third-order valence-electron chi connectivity index (χ3n) is 2.76. The first-order chi connectivity index (χ1) is 9.19. The highest BCUT2D eigenvalue weighted by atomic mass is 16.5. The van der Waals surface area contributed by atoms with Crippen molar-refractivity contribution in [1.29, 1.82) is 5.26 Å². The van der Waals surface area contributed by atoms with Crippen LogP contribution in [-0.2, 0) is 4.79 Å². The zero-order valence-electron chi connectivity index (χ0n) is 11.5. The molecule has 0 saturated heterocycles. The number of nitrogens with zero attached hydrogens (tertiary/aromatic N) is 1. The predicted octanol–water partition coefficient (Wildman–Crippen LogP) is 2.63. The van der Waals surface area contributed by atoms with Crippen molar-refractivity contribution in [3.63, 3.8) is 0 Å². The number of hydrogen-bond donors (Lipinski definition) is 1. The average Bonchev–Trinajstić information content (AvgIpc) is 2.44. The Morgan fingerprint density at radius 2 is 2.16 bits per heavy atom. The van der Waals surface area contributed by atoms with E-state index in [9.17, 15) is 4.79 Å². The van der Waals surface area contributed by atoms with E-state index in [-0.39, 0.29) is 5.91 Å². The van der Waals surface area contributed by atoms with Gasteiger partial charge in [-0.1, -0.05) is 31.9 Å². The summed E-state index contributed by atoms with van der Waals surface area (Å²) in [6, 6.07) is 8.95. The van der Waals surface area contributed by atoms with Crippen LogP contribution in [0.1, 0.15) is 38.7 Å². The van der Waals surface area contributed by atoms with Gasteiger partial charge in [-0.2, -0.15) is 5.26 Å². The lowest BCUT2D eigenvalue weighted by Crippen LogP contribution is -2.36. The van der Waals surface area contributed by atoms with E-state index in [2.05, 4.69) is 12.2 Å². The molecule has 1 atom stereocenters. The van der Waals surface area contributed by atoms with Crippen molar-refractivity contribution in [2.75, 3.05) is 6.54 Å². The zero-order chi connectivity index (χ0) is 14.1. The Hall–Kier alpha value is -2.02. The van der Waals surface area contributed by atoms with E-state index in [1.54, 1.807) is 31.2 Å². The van der Waals surface area contributed by atoms with Crippen LogP contribution in [0.25, 0.3) is 0 Å². The molecule has 4 nitrogen and oxygen atoms in total. The Kier molecular flexibility index (Phi) is 6.45. The summed E-state index contributed by atoms with van der Waals surface area (Å²) in [6.07, 6.45) is 2.60. The van der Waals surface area contributed by atoms with Crippen LogP contribution in [0.4, 0.5) is 0 Å². The van der Waals surface area contributed by atoms with E-state index in [1.807, 2.05) is 6.07 Å². The standard InChI is InChI=1S/C15H20N2O2/c1-3-4-7-10-17-15(18)12(2)19-14-9-6-5-8-13(14)11-16/h5-6,8-9,12H,3-4,7,10H2,1-2H3,(H,17,18). The van der Waals surface area contributed by atoms with E-state index >= 15 is 0 Å². The van der Waals surface area contributed by atoms with Gasteiger partial charge in [-0.25, -0.2) is 0 Å². The monoisotopic (exact) mass is 260 g/mol. The number of unbranched alkanes of at least 4 members (excludes halogenated alkanes) is 2. The van der Waals surface area contributed by atoms with Crippen molar-refractivity contribution >= 4 is 5.91 Å². The van der Waals surface area contributed by atoms with Crippen LogP contribution in [0, 0.1) is 11.3 Å². The first kappa shape index (κ1) is 15.0. The number of carbonyl (C=O) groups excluding carboxylic acids is 1. The summed E-state index contributed by atoms with van der Waals surface area (Å²) >= 11 is 0. The maximum atomic E-state index is 11.8. The largest absolute Gasteiger partial charge is 0.480 e. The number of benzene rings is 1. The van der Waals surface area contributed by atoms with Crippen LogP contribution in [0.3, 0.4) is 0 Å². The van der Waals surface area contributed by atoms with Gasteiger partial charge in [-0.15, -0.1) is 0 Å². The van der Waals surface area contributed by atoms with Crippen molar-refractivity contribution in [3.8, 4) is 11.8 Å². The highest BCUT2D eigenvalue weighted by Crippen LogP contribution is 2.18. The number of nitrogens with one attached hydrogen (secondary N) is 1. The number of carbonyl (C=O) groups is 1. The Morgan fingerprint density at radius 3 is 2.84 bits per heavy atom. The number of hydrogen-bond acceptors (Lipinski definition) is 3. The molecule has 0 spiro atoms. The third kappa shape index (κ3) is 5.01. The Balaban J connectivity index is 2.48. The average molecular weight is 260 g/mol. The van der Waals surface area contributed by atoms with Gasteiger partial charge in [0.15, 0.2) is 6.10 Å².